The molecule has 0 spiro atoms. The van der Waals surface area contributed by atoms with Gasteiger partial charge in [0.1, 0.15) is 5.75 Å². The minimum atomic E-state index is -0.0512. The summed E-state index contributed by atoms with van der Waals surface area (Å²) in [7, 11) is 1.64. The van der Waals surface area contributed by atoms with Crippen LogP contribution in [0, 0.1) is 0 Å². The SMILES string of the molecule is COc1ccc(C(=O)CCN)cc1C(C)(C)C. The Hall–Kier alpha value is -1.35. The van der Waals surface area contributed by atoms with E-state index in [4.69, 9.17) is 10.5 Å². The summed E-state index contributed by atoms with van der Waals surface area (Å²) >= 11 is 0. The maximum Gasteiger partial charge on any atom is 0.164 e. The summed E-state index contributed by atoms with van der Waals surface area (Å²) in [4.78, 5) is 11.8. The van der Waals surface area contributed by atoms with E-state index in [2.05, 4.69) is 20.8 Å². The molecule has 0 aromatic heterocycles. The van der Waals surface area contributed by atoms with Gasteiger partial charge in [-0.15, -0.1) is 0 Å². The van der Waals surface area contributed by atoms with E-state index in [9.17, 15) is 4.79 Å². The predicted octanol–water partition coefficient (Wildman–Crippen LogP) is 2.52. The molecule has 3 heteroatoms. The molecule has 0 saturated carbocycles. The van der Waals surface area contributed by atoms with Gasteiger partial charge in [0.05, 0.1) is 7.11 Å². The number of benzene rings is 1. The lowest BCUT2D eigenvalue weighted by Gasteiger charge is -2.22. The molecular formula is C14H21NO2. The van der Waals surface area contributed by atoms with Crippen molar-refractivity contribution in [1.29, 1.82) is 0 Å². The molecule has 1 aromatic rings. The number of carbonyl (C=O) groups excluding carboxylic acids is 1. The summed E-state index contributed by atoms with van der Waals surface area (Å²) in [5, 5.41) is 0. The molecule has 17 heavy (non-hydrogen) atoms. The Balaban J connectivity index is 3.18. The van der Waals surface area contributed by atoms with Crippen molar-refractivity contribution in [3.8, 4) is 5.75 Å². The number of rotatable bonds is 4. The second-order valence-electron chi connectivity index (χ2n) is 5.13. The molecule has 0 bridgehead atoms. The molecule has 0 aliphatic rings. The summed E-state index contributed by atoms with van der Waals surface area (Å²) in [6.45, 7) is 6.68. The molecule has 0 radical (unpaired) electrons. The fourth-order valence-electron chi connectivity index (χ4n) is 1.74. The van der Waals surface area contributed by atoms with Gasteiger partial charge in [0.15, 0.2) is 5.78 Å². The lowest BCUT2D eigenvalue weighted by atomic mass is 9.85. The highest BCUT2D eigenvalue weighted by Gasteiger charge is 2.20. The van der Waals surface area contributed by atoms with Gasteiger partial charge in [0.25, 0.3) is 0 Å². The van der Waals surface area contributed by atoms with Gasteiger partial charge in [-0.05, 0) is 30.2 Å². The molecule has 94 valence electrons. The number of hydrogen-bond donors (Lipinski definition) is 1. The highest BCUT2D eigenvalue weighted by molar-refractivity contribution is 5.96. The number of nitrogens with two attached hydrogens (primary N) is 1. The maximum absolute atomic E-state index is 11.8. The smallest absolute Gasteiger partial charge is 0.164 e. The molecule has 0 fully saturated rings. The Morgan fingerprint density at radius 3 is 2.47 bits per heavy atom. The van der Waals surface area contributed by atoms with Crippen LogP contribution < -0.4 is 10.5 Å². The lowest BCUT2D eigenvalue weighted by Crippen LogP contribution is -2.15. The van der Waals surface area contributed by atoms with E-state index in [0.29, 0.717) is 18.5 Å². The van der Waals surface area contributed by atoms with E-state index >= 15 is 0 Å². The van der Waals surface area contributed by atoms with Crippen LogP contribution in [0.15, 0.2) is 18.2 Å². The van der Waals surface area contributed by atoms with Crippen LogP contribution in [0.2, 0.25) is 0 Å². The molecule has 0 amide bonds. The van der Waals surface area contributed by atoms with Gasteiger partial charge in [-0.25, -0.2) is 0 Å². The predicted molar refractivity (Wildman–Crippen MR) is 69.7 cm³/mol. The quantitative estimate of drug-likeness (QED) is 0.816. The number of hydrogen-bond acceptors (Lipinski definition) is 3. The van der Waals surface area contributed by atoms with Crippen LogP contribution in [-0.4, -0.2) is 19.4 Å². The molecule has 0 atom stereocenters. The van der Waals surface area contributed by atoms with E-state index in [1.165, 1.54) is 0 Å². The van der Waals surface area contributed by atoms with Crippen LogP contribution in [0.25, 0.3) is 0 Å². The average molecular weight is 235 g/mol. The van der Waals surface area contributed by atoms with Crippen molar-refractivity contribution in [2.24, 2.45) is 5.73 Å². The van der Waals surface area contributed by atoms with Gasteiger partial charge < -0.3 is 10.5 Å². The number of Topliss-reactive ketones (excluding diaryl/α,β-unsaturated/α-hetero) is 1. The first-order valence-corrected chi connectivity index (χ1v) is 5.82. The molecule has 3 nitrogen and oxygen atoms in total. The van der Waals surface area contributed by atoms with Crippen LogP contribution in [0.3, 0.4) is 0 Å². The third-order valence-electron chi connectivity index (χ3n) is 2.70. The molecular weight excluding hydrogens is 214 g/mol. The zero-order valence-electron chi connectivity index (χ0n) is 11.0. The van der Waals surface area contributed by atoms with Gasteiger partial charge in [0.2, 0.25) is 0 Å². The first-order valence-electron chi connectivity index (χ1n) is 5.82. The highest BCUT2D eigenvalue weighted by atomic mass is 16.5. The van der Waals surface area contributed by atoms with Crippen molar-refractivity contribution in [1.82, 2.24) is 0 Å². The minimum Gasteiger partial charge on any atom is -0.496 e. The number of methoxy groups -OCH3 is 1. The van der Waals surface area contributed by atoms with Crippen molar-refractivity contribution in [2.75, 3.05) is 13.7 Å². The van der Waals surface area contributed by atoms with Gasteiger partial charge in [0, 0.05) is 17.5 Å². The van der Waals surface area contributed by atoms with Crippen LogP contribution in [0.5, 0.6) is 5.75 Å². The molecule has 0 aliphatic heterocycles. The lowest BCUT2D eigenvalue weighted by molar-refractivity contribution is 0.0985. The second kappa shape index (κ2) is 5.32. The van der Waals surface area contributed by atoms with Crippen molar-refractivity contribution >= 4 is 5.78 Å². The van der Waals surface area contributed by atoms with Gasteiger partial charge in [-0.3, -0.25) is 4.79 Å². The van der Waals surface area contributed by atoms with E-state index < -0.39 is 0 Å². The second-order valence-corrected chi connectivity index (χ2v) is 5.13. The van der Waals surface area contributed by atoms with E-state index in [1.54, 1.807) is 13.2 Å². The molecule has 1 aromatic carbocycles. The van der Waals surface area contributed by atoms with E-state index in [-0.39, 0.29) is 11.2 Å². The Bertz CT molecular complexity index is 405. The van der Waals surface area contributed by atoms with Crippen LogP contribution in [0.4, 0.5) is 0 Å². The number of carbonyl (C=O) groups is 1. The highest BCUT2D eigenvalue weighted by Crippen LogP contribution is 2.32. The summed E-state index contributed by atoms with van der Waals surface area (Å²) in [5.41, 5.74) is 7.10. The van der Waals surface area contributed by atoms with Gasteiger partial charge in [-0.2, -0.15) is 0 Å². The molecule has 1 rings (SSSR count). The van der Waals surface area contributed by atoms with Gasteiger partial charge in [-0.1, -0.05) is 20.8 Å². The number of ketones is 1. The van der Waals surface area contributed by atoms with Crippen molar-refractivity contribution in [3.63, 3.8) is 0 Å². The maximum atomic E-state index is 11.8. The molecule has 0 unspecified atom stereocenters. The fraction of sp³-hybridized carbons (Fsp3) is 0.500. The molecule has 0 saturated heterocycles. The molecule has 0 heterocycles. The van der Waals surface area contributed by atoms with Crippen molar-refractivity contribution in [2.45, 2.75) is 32.6 Å². The van der Waals surface area contributed by atoms with Crippen molar-refractivity contribution < 1.29 is 9.53 Å². The zero-order chi connectivity index (χ0) is 13.1. The fourth-order valence-corrected chi connectivity index (χ4v) is 1.74. The average Bonchev–Trinajstić information content (AvgIpc) is 2.27. The Labute approximate surface area is 103 Å². The topological polar surface area (TPSA) is 52.3 Å². The Morgan fingerprint density at radius 1 is 1.35 bits per heavy atom. The Morgan fingerprint density at radius 2 is 2.00 bits per heavy atom. The monoisotopic (exact) mass is 235 g/mol. The summed E-state index contributed by atoms with van der Waals surface area (Å²) in [6, 6.07) is 5.56. The minimum absolute atomic E-state index is 0.0512. The van der Waals surface area contributed by atoms with Crippen LogP contribution in [-0.2, 0) is 5.41 Å². The zero-order valence-corrected chi connectivity index (χ0v) is 11.0. The van der Waals surface area contributed by atoms with Crippen LogP contribution >= 0.6 is 0 Å². The normalized spacial score (nSPS) is 11.4. The van der Waals surface area contributed by atoms with Gasteiger partial charge >= 0.3 is 0 Å². The molecule has 2 N–H and O–H groups in total. The standard InChI is InChI=1S/C14H21NO2/c1-14(2,3)11-9-10(12(16)7-8-15)5-6-13(11)17-4/h5-6,9H,7-8,15H2,1-4H3. The van der Waals surface area contributed by atoms with E-state index in [1.807, 2.05) is 12.1 Å². The summed E-state index contributed by atoms with van der Waals surface area (Å²) < 4.78 is 5.33. The number of ether oxygens (including phenoxy) is 1. The summed E-state index contributed by atoms with van der Waals surface area (Å²) in [6.07, 6.45) is 0.385. The molecule has 0 aliphatic carbocycles. The first kappa shape index (κ1) is 13.7. The largest absolute Gasteiger partial charge is 0.496 e. The van der Waals surface area contributed by atoms with E-state index in [0.717, 1.165) is 11.3 Å². The third-order valence-corrected chi connectivity index (χ3v) is 2.70. The first-order chi connectivity index (χ1) is 7.90. The Kier molecular flexibility index (Phi) is 4.29. The summed E-state index contributed by atoms with van der Waals surface area (Å²) in [5.74, 6) is 0.905. The van der Waals surface area contributed by atoms with Crippen molar-refractivity contribution in [3.05, 3.63) is 29.3 Å². The van der Waals surface area contributed by atoms with Crippen LogP contribution in [0.1, 0.15) is 43.1 Å². The third kappa shape index (κ3) is 3.30.